The van der Waals surface area contributed by atoms with E-state index in [9.17, 15) is 4.79 Å². The number of carbonyl (C=O) groups is 1. The van der Waals surface area contributed by atoms with Gasteiger partial charge in [-0.05, 0) is 39.3 Å². The van der Waals surface area contributed by atoms with Crippen molar-refractivity contribution in [1.82, 2.24) is 10.3 Å². The number of hydrogen-bond donors (Lipinski definition) is 4. The molecule has 0 saturated carbocycles. The Morgan fingerprint density at radius 3 is 2.18 bits per heavy atom. The lowest BCUT2D eigenvalue weighted by molar-refractivity contribution is 0.0996. The maximum atomic E-state index is 10.7. The SMILES string of the molecule is C1CCNCC1.CCCO.Cc1[nH]c(C(N)=O)c(C#N)c1Cl. The maximum absolute atomic E-state index is 10.7. The van der Waals surface area contributed by atoms with Crippen LogP contribution in [-0.2, 0) is 0 Å². The van der Waals surface area contributed by atoms with Crippen molar-refractivity contribution >= 4 is 17.5 Å². The van der Waals surface area contributed by atoms with Crippen molar-refractivity contribution in [3.8, 4) is 6.07 Å². The molecule has 0 spiro atoms. The molecule has 0 radical (unpaired) electrons. The molecule has 5 N–H and O–H groups in total. The first-order valence-electron chi connectivity index (χ1n) is 7.39. The maximum Gasteiger partial charge on any atom is 0.266 e. The molecule has 0 aromatic carbocycles. The number of H-pyrrole nitrogens is 1. The van der Waals surface area contributed by atoms with Gasteiger partial charge in [0.05, 0.1) is 5.02 Å². The Morgan fingerprint density at radius 2 is 1.95 bits per heavy atom. The van der Waals surface area contributed by atoms with Crippen LogP contribution in [0.4, 0.5) is 0 Å². The van der Waals surface area contributed by atoms with Gasteiger partial charge in [0.2, 0.25) is 0 Å². The Morgan fingerprint density at radius 1 is 1.41 bits per heavy atom. The first-order chi connectivity index (χ1) is 10.5. The molecule has 1 saturated heterocycles. The average Bonchev–Trinajstić information content (AvgIpc) is 2.85. The largest absolute Gasteiger partial charge is 0.396 e. The molecular formula is C15H25ClN4O2. The number of nitrogens with two attached hydrogens (primary N) is 1. The molecule has 22 heavy (non-hydrogen) atoms. The Hall–Kier alpha value is -1.55. The number of aliphatic hydroxyl groups is 1. The van der Waals surface area contributed by atoms with Gasteiger partial charge in [0.1, 0.15) is 17.3 Å². The van der Waals surface area contributed by atoms with Crippen LogP contribution in [0.25, 0.3) is 0 Å². The van der Waals surface area contributed by atoms with E-state index in [2.05, 4.69) is 10.3 Å². The Labute approximate surface area is 136 Å². The molecular weight excluding hydrogens is 304 g/mol. The number of nitrogens with one attached hydrogen (secondary N) is 2. The van der Waals surface area contributed by atoms with Crippen molar-refractivity contribution in [2.24, 2.45) is 5.73 Å². The summed E-state index contributed by atoms with van der Waals surface area (Å²) in [5, 5.41) is 20.0. The van der Waals surface area contributed by atoms with Crippen LogP contribution in [0.2, 0.25) is 5.02 Å². The highest BCUT2D eigenvalue weighted by Crippen LogP contribution is 2.22. The van der Waals surface area contributed by atoms with E-state index >= 15 is 0 Å². The van der Waals surface area contributed by atoms with Crippen LogP contribution in [0, 0.1) is 18.3 Å². The van der Waals surface area contributed by atoms with Gasteiger partial charge in [0, 0.05) is 12.3 Å². The predicted octanol–water partition coefficient (Wildman–Crippen LogP) is 2.10. The van der Waals surface area contributed by atoms with Crippen molar-refractivity contribution in [3.05, 3.63) is 22.0 Å². The molecule has 1 aromatic rings. The fourth-order valence-corrected chi connectivity index (χ4v) is 1.88. The summed E-state index contributed by atoms with van der Waals surface area (Å²) in [5.74, 6) is -0.679. The van der Waals surface area contributed by atoms with Gasteiger partial charge in [-0.15, -0.1) is 0 Å². The smallest absolute Gasteiger partial charge is 0.266 e. The first-order valence-corrected chi connectivity index (χ1v) is 7.76. The second-order valence-electron chi connectivity index (χ2n) is 4.82. The fourth-order valence-electron chi connectivity index (χ4n) is 1.69. The van der Waals surface area contributed by atoms with Gasteiger partial charge in [-0.2, -0.15) is 5.26 Å². The highest BCUT2D eigenvalue weighted by atomic mass is 35.5. The number of halogens is 1. The number of aryl methyl sites for hydroxylation is 1. The number of aromatic amines is 1. The standard InChI is InChI=1S/C7H6ClN3O.C5H11N.C3H8O/c1-3-5(8)4(2-9)6(11-3)7(10)12;1-2-4-6-5-3-1;1-2-3-4/h11H,1H3,(H2,10,12);6H,1-5H2;4H,2-3H2,1H3. The minimum atomic E-state index is -0.679. The average molecular weight is 329 g/mol. The highest BCUT2D eigenvalue weighted by molar-refractivity contribution is 6.33. The molecule has 2 rings (SSSR count). The molecule has 1 aliphatic heterocycles. The Kier molecular flexibility index (Phi) is 11.2. The first kappa shape index (κ1) is 20.5. The summed E-state index contributed by atoms with van der Waals surface area (Å²) < 4.78 is 0. The number of aromatic nitrogens is 1. The highest BCUT2D eigenvalue weighted by Gasteiger charge is 2.16. The van der Waals surface area contributed by atoms with E-state index in [-0.39, 0.29) is 16.3 Å². The number of carbonyl (C=O) groups excluding carboxylic acids is 1. The van der Waals surface area contributed by atoms with E-state index in [1.165, 1.54) is 32.4 Å². The van der Waals surface area contributed by atoms with E-state index in [4.69, 9.17) is 27.7 Å². The van der Waals surface area contributed by atoms with Crippen molar-refractivity contribution in [3.63, 3.8) is 0 Å². The van der Waals surface area contributed by atoms with Crippen LogP contribution in [0.15, 0.2) is 0 Å². The summed E-state index contributed by atoms with van der Waals surface area (Å²) in [5.41, 5.74) is 5.75. The molecule has 1 aliphatic rings. The topological polar surface area (TPSA) is 115 Å². The Bertz CT molecular complexity index is 477. The van der Waals surface area contributed by atoms with Gasteiger partial charge >= 0.3 is 0 Å². The molecule has 1 aromatic heterocycles. The molecule has 124 valence electrons. The third-order valence-electron chi connectivity index (χ3n) is 2.90. The van der Waals surface area contributed by atoms with Crippen molar-refractivity contribution in [2.45, 2.75) is 39.5 Å². The van der Waals surface area contributed by atoms with Crippen LogP contribution in [-0.4, -0.2) is 35.7 Å². The van der Waals surface area contributed by atoms with Crippen LogP contribution in [0.3, 0.4) is 0 Å². The van der Waals surface area contributed by atoms with E-state index in [0.717, 1.165) is 6.42 Å². The predicted molar refractivity (Wildman–Crippen MR) is 87.9 cm³/mol. The number of primary amides is 1. The van der Waals surface area contributed by atoms with Crippen LogP contribution < -0.4 is 11.1 Å². The normalized spacial score (nSPS) is 13.0. The van der Waals surface area contributed by atoms with E-state index in [1.807, 2.05) is 6.92 Å². The van der Waals surface area contributed by atoms with E-state index < -0.39 is 5.91 Å². The summed E-state index contributed by atoms with van der Waals surface area (Å²) in [6, 6.07) is 1.80. The number of rotatable bonds is 2. The van der Waals surface area contributed by atoms with Gasteiger partial charge in [0.25, 0.3) is 5.91 Å². The summed E-state index contributed by atoms with van der Waals surface area (Å²) in [7, 11) is 0. The molecule has 6 nitrogen and oxygen atoms in total. The molecule has 1 fully saturated rings. The zero-order valence-electron chi connectivity index (χ0n) is 13.2. The molecule has 2 heterocycles. The lowest BCUT2D eigenvalue weighted by atomic mass is 10.2. The summed E-state index contributed by atoms with van der Waals surface area (Å²) in [4.78, 5) is 13.4. The Balaban J connectivity index is 0.000000366. The number of nitrogens with zero attached hydrogens (tertiary/aromatic N) is 1. The van der Waals surface area contributed by atoms with E-state index in [0.29, 0.717) is 12.3 Å². The third-order valence-corrected chi connectivity index (χ3v) is 3.37. The number of hydrogen-bond acceptors (Lipinski definition) is 4. The quantitative estimate of drug-likeness (QED) is 0.665. The second kappa shape index (κ2) is 12.0. The zero-order valence-corrected chi connectivity index (χ0v) is 14.0. The van der Waals surface area contributed by atoms with E-state index in [1.54, 1.807) is 13.0 Å². The monoisotopic (exact) mass is 328 g/mol. The van der Waals surface area contributed by atoms with Gasteiger partial charge < -0.3 is 21.1 Å². The summed E-state index contributed by atoms with van der Waals surface area (Å²) >= 11 is 5.70. The fraction of sp³-hybridized carbons (Fsp3) is 0.600. The number of piperidine rings is 1. The lowest BCUT2D eigenvalue weighted by Gasteiger charge is -2.08. The van der Waals surface area contributed by atoms with Crippen molar-refractivity contribution in [1.29, 1.82) is 5.26 Å². The minimum Gasteiger partial charge on any atom is -0.396 e. The molecule has 0 unspecified atom stereocenters. The summed E-state index contributed by atoms with van der Waals surface area (Å²) in [6.45, 7) is 6.41. The van der Waals surface area contributed by atoms with Gasteiger partial charge in [0.15, 0.2) is 0 Å². The number of nitriles is 1. The number of aliphatic hydroxyl groups excluding tert-OH is 1. The summed E-state index contributed by atoms with van der Waals surface area (Å²) in [6.07, 6.45) is 5.09. The van der Waals surface area contributed by atoms with Crippen LogP contribution >= 0.6 is 11.6 Å². The molecule has 0 atom stereocenters. The lowest BCUT2D eigenvalue weighted by Crippen LogP contribution is -2.21. The van der Waals surface area contributed by atoms with Gasteiger partial charge in [-0.25, -0.2) is 0 Å². The zero-order chi connectivity index (χ0) is 17.0. The van der Waals surface area contributed by atoms with Crippen molar-refractivity contribution in [2.75, 3.05) is 19.7 Å². The second-order valence-corrected chi connectivity index (χ2v) is 5.20. The van der Waals surface area contributed by atoms with Crippen LogP contribution in [0.5, 0.6) is 0 Å². The van der Waals surface area contributed by atoms with Crippen LogP contribution in [0.1, 0.15) is 54.4 Å². The molecule has 0 aliphatic carbocycles. The molecule has 1 amide bonds. The molecule has 7 heteroatoms. The van der Waals surface area contributed by atoms with Gasteiger partial charge in [-0.3, -0.25) is 4.79 Å². The minimum absolute atomic E-state index is 0.0694. The van der Waals surface area contributed by atoms with Crippen molar-refractivity contribution < 1.29 is 9.90 Å². The number of amides is 1. The molecule has 0 bridgehead atoms. The van der Waals surface area contributed by atoms with Gasteiger partial charge in [-0.1, -0.05) is 24.9 Å². The third kappa shape index (κ3) is 7.46.